The van der Waals surface area contributed by atoms with Gasteiger partial charge in [0.1, 0.15) is 5.84 Å². The van der Waals surface area contributed by atoms with Gasteiger partial charge in [-0.05, 0) is 67.6 Å². The molecule has 0 radical (unpaired) electrons. The van der Waals surface area contributed by atoms with Gasteiger partial charge in [0.15, 0.2) is 0 Å². The van der Waals surface area contributed by atoms with Crippen molar-refractivity contribution in [3.05, 3.63) is 64.7 Å². The van der Waals surface area contributed by atoms with E-state index < -0.39 is 27.3 Å². The lowest BCUT2D eigenvalue weighted by molar-refractivity contribution is -0.137. The van der Waals surface area contributed by atoms with Crippen molar-refractivity contribution in [3.63, 3.8) is 0 Å². The molecule has 0 saturated carbocycles. The van der Waals surface area contributed by atoms with Gasteiger partial charge < -0.3 is 10.6 Å². The van der Waals surface area contributed by atoms with Crippen molar-refractivity contribution in [3.8, 4) is 0 Å². The van der Waals surface area contributed by atoms with Gasteiger partial charge in [0.2, 0.25) is 10.0 Å². The molecule has 1 fully saturated rings. The Morgan fingerprint density at radius 1 is 1.06 bits per heavy atom. The highest BCUT2D eigenvalue weighted by Crippen LogP contribution is 2.31. The maximum atomic E-state index is 13.2. The van der Waals surface area contributed by atoms with Crippen molar-refractivity contribution in [1.82, 2.24) is 14.9 Å². The predicted molar refractivity (Wildman–Crippen MR) is 132 cm³/mol. The van der Waals surface area contributed by atoms with Gasteiger partial charge in [0.05, 0.1) is 22.5 Å². The van der Waals surface area contributed by atoms with Crippen molar-refractivity contribution < 1.29 is 21.6 Å². The molecule has 0 unspecified atom stereocenters. The first-order valence-corrected chi connectivity index (χ1v) is 12.7. The fourth-order valence-corrected chi connectivity index (χ4v) is 6.30. The second-order valence-electron chi connectivity index (χ2n) is 9.01. The van der Waals surface area contributed by atoms with E-state index in [-0.39, 0.29) is 12.4 Å². The fraction of sp³-hybridized carbons (Fsp3) is 0.458. The zero-order chi connectivity index (χ0) is 24.6. The van der Waals surface area contributed by atoms with E-state index in [9.17, 15) is 21.6 Å². The van der Waals surface area contributed by atoms with E-state index in [1.807, 2.05) is 19.9 Å². The SMILES string of the molecule is Cc1cc(C)cc(S(=O)(=O)N2CCC3(CC2)NCCN=C3NCc2ccc(C(F)(F)F)cc2)c1.Cl. The van der Waals surface area contributed by atoms with Crippen LogP contribution in [-0.2, 0) is 22.7 Å². The number of benzene rings is 2. The van der Waals surface area contributed by atoms with Crippen LogP contribution in [0.5, 0.6) is 0 Å². The van der Waals surface area contributed by atoms with E-state index in [2.05, 4.69) is 15.6 Å². The lowest BCUT2D eigenvalue weighted by Crippen LogP contribution is -2.64. The van der Waals surface area contributed by atoms with Crippen LogP contribution >= 0.6 is 12.4 Å². The number of amidine groups is 1. The van der Waals surface area contributed by atoms with Crippen LogP contribution in [0.15, 0.2) is 52.4 Å². The van der Waals surface area contributed by atoms with Crippen LogP contribution in [0.1, 0.15) is 35.1 Å². The van der Waals surface area contributed by atoms with Crippen molar-refractivity contribution in [2.45, 2.75) is 49.8 Å². The van der Waals surface area contributed by atoms with Gasteiger partial charge in [-0.1, -0.05) is 18.2 Å². The molecule has 2 heterocycles. The molecule has 192 valence electrons. The number of alkyl halides is 3. The molecule has 4 rings (SSSR count). The van der Waals surface area contributed by atoms with Crippen molar-refractivity contribution in [2.75, 3.05) is 26.2 Å². The molecule has 6 nitrogen and oxygen atoms in total. The van der Waals surface area contributed by atoms with Crippen LogP contribution in [0, 0.1) is 13.8 Å². The third-order valence-electron chi connectivity index (χ3n) is 6.45. The molecule has 0 bridgehead atoms. The van der Waals surface area contributed by atoms with Crippen LogP contribution in [0.25, 0.3) is 0 Å². The standard InChI is InChI=1S/C24H29F3N4O2S.ClH/c1-17-13-18(2)15-21(14-17)34(32,33)31-11-7-23(8-12-31)22(28-9-10-30-23)29-16-19-3-5-20(6-4-19)24(25,26)27;/h3-6,13-15,30H,7-12,16H2,1-2H3,(H,28,29);1H. The summed E-state index contributed by atoms with van der Waals surface area (Å²) in [5.41, 5.74) is 1.37. The van der Waals surface area contributed by atoms with Gasteiger partial charge in [-0.2, -0.15) is 17.5 Å². The third-order valence-corrected chi connectivity index (χ3v) is 8.32. The summed E-state index contributed by atoms with van der Waals surface area (Å²) >= 11 is 0. The third kappa shape index (κ3) is 5.99. The first-order chi connectivity index (χ1) is 16.0. The molecule has 0 amide bonds. The van der Waals surface area contributed by atoms with Gasteiger partial charge in [-0.3, -0.25) is 4.99 Å². The Morgan fingerprint density at radius 2 is 1.66 bits per heavy atom. The average Bonchev–Trinajstić information content (AvgIpc) is 2.78. The maximum Gasteiger partial charge on any atom is 0.416 e. The minimum Gasteiger partial charge on any atom is -0.368 e. The molecule has 2 aliphatic rings. The summed E-state index contributed by atoms with van der Waals surface area (Å²) in [4.78, 5) is 4.95. The number of aliphatic imine (C=N–C) groups is 1. The fourth-order valence-electron chi connectivity index (χ4n) is 4.67. The minimum atomic E-state index is -4.36. The average molecular weight is 531 g/mol. The maximum absolute atomic E-state index is 13.2. The monoisotopic (exact) mass is 530 g/mol. The number of hydrogen-bond donors (Lipinski definition) is 2. The first-order valence-electron chi connectivity index (χ1n) is 11.3. The van der Waals surface area contributed by atoms with E-state index in [0.29, 0.717) is 56.0 Å². The normalized spacial score (nSPS) is 18.6. The van der Waals surface area contributed by atoms with Gasteiger partial charge in [-0.25, -0.2) is 8.42 Å². The molecule has 35 heavy (non-hydrogen) atoms. The highest BCUT2D eigenvalue weighted by molar-refractivity contribution is 7.89. The smallest absolute Gasteiger partial charge is 0.368 e. The topological polar surface area (TPSA) is 73.8 Å². The van der Waals surface area contributed by atoms with Crippen LogP contribution in [-0.4, -0.2) is 50.3 Å². The van der Waals surface area contributed by atoms with Crippen molar-refractivity contribution >= 4 is 28.3 Å². The van der Waals surface area contributed by atoms with E-state index in [4.69, 9.17) is 0 Å². The molecule has 2 N–H and O–H groups in total. The zero-order valence-corrected chi connectivity index (χ0v) is 21.3. The number of halogens is 4. The zero-order valence-electron chi connectivity index (χ0n) is 19.7. The van der Waals surface area contributed by atoms with E-state index >= 15 is 0 Å². The molecule has 2 aliphatic heterocycles. The van der Waals surface area contributed by atoms with E-state index in [1.54, 1.807) is 12.1 Å². The van der Waals surface area contributed by atoms with Gasteiger partial charge >= 0.3 is 6.18 Å². The molecule has 1 spiro atoms. The number of rotatable bonds is 4. The number of hydrogen-bond acceptors (Lipinski definition) is 5. The Bertz CT molecular complexity index is 1160. The van der Waals surface area contributed by atoms with Crippen molar-refractivity contribution in [1.29, 1.82) is 0 Å². The molecule has 0 atom stereocenters. The molecular formula is C24H30ClF3N4O2S. The first kappa shape index (κ1) is 27.4. The molecular weight excluding hydrogens is 501 g/mol. The summed E-state index contributed by atoms with van der Waals surface area (Å²) in [5, 5.41) is 6.81. The van der Waals surface area contributed by atoms with Gasteiger partial charge in [0, 0.05) is 26.2 Å². The highest BCUT2D eigenvalue weighted by Gasteiger charge is 2.43. The summed E-state index contributed by atoms with van der Waals surface area (Å²) in [6, 6.07) is 10.4. The Hall–Kier alpha value is -2.14. The Labute approximate surface area is 210 Å². The largest absolute Gasteiger partial charge is 0.416 e. The predicted octanol–water partition coefficient (Wildman–Crippen LogP) is 4.06. The summed E-state index contributed by atoms with van der Waals surface area (Å²) in [5.74, 6) is 0.738. The second kappa shape index (κ2) is 10.5. The number of nitrogens with one attached hydrogen (secondary N) is 2. The summed E-state index contributed by atoms with van der Waals surface area (Å²) in [6.45, 7) is 6.08. The van der Waals surface area contributed by atoms with Gasteiger partial charge in [0.25, 0.3) is 0 Å². The summed E-state index contributed by atoms with van der Waals surface area (Å²) < 4.78 is 66.4. The lowest BCUT2D eigenvalue weighted by atomic mass is 9.85. The van der Waals surface area contributed by atoms with Crippen LogP contribution in [0.2, 0.25) is 0 Å². The van der Waals surface area contributed by atoms with E-state index in [1.165, 1.54) is 16.4 Å². The van der Waals surface area contributed by atoms with Crippen LogP contribution in [0.4, 0.5) is 13.2 Å². The summed E-state index contributed by atoms with van der Waals surface area (Å²) in [7, 11) is -3.60. The van der Waals surface area contributed by atoms with Crippen LogP contribution in [0.3, 0.4) is 0 Å². The number of piperidine rings is 1. The molecule has 11 heteroatoms. The molecule has 2 aromatic rings. The number of sulfonamides is 1. The molecule has 0 aromatic heterocycles. The van der Waals surface area contributed by atoms with E-state index in [0.717, 1.165) is 29.1 Å². The van der Waals surface area contributed by atoms with Crippen LogP contribution < -0.4 is 10.6 Å². The summed E-state index contributed by atoms with van der Waals surface area (Å²) in [6.07, 6.45) is -3.26. The lowest BCUT2D eigenvalue weighted by Gasteiger charge is -2.44. The Balaban J connectivity index is 0.00000342. The van der Waals surface area contributed by atoms with Crippen molar-refractivity contribution in [2.24, 2.45) is 4.99 Å². The molecule has 0 aliphatic carbocycles. The minimum absolute atomic E-state index is 0. The number of nitrogens with zero attached hydrogens (tertiary/aromatic N) is 2. The number of aryl methyl sites for hydroxylation is 2. The highest BCUT2D eigenvalue weighted by atomic mass is 35.5. The molecule has 1 saturated heterocycles. The Morgan fingerprint density at radius 3 is 2.23 bits per heavy atom. The Kier molecular flexibility index (Phi) is 8.20. The quantitative estimate of drug-likeness (QED) is 0.625. The van der Waals surface area contributed by atoms with Gasteiger partial charge in [-0.15, -0.1) is 12.4 Å². The second-order valence-corrected chi connectivity index (χ2v) is 11.0. The molecule has 2 aromatic carbocycles.